The summed E-state index contributed by atoms with van der Waals surface area (Å²) in [7, 11) is 1.63. The fraction of sp³-hybridized carbons (Fsp3) is 0.391. The van der Waals surface area contributed by atoms with E-state index in [1.54, 1.807) is 18.1 Å². The summed E-state index contributed by atoms with van der Waals surface area (Å²) in [6.07, 6.45) is 0.926. The maximum absolute atomic E-state index is 12.4. The Morgan fingerprint density at radius 1 is 1.07 bits per heavy atom. The van der Waals surface area contributed by atoms with E-state index in [-0.39, 0.29) is 24.3 Å². The van der Waals surface area contributed by atoms with Gasteiger partial charge in [-0.25, -0.2) is 0 Å². The summed E-state index contributed by atoms with van der Waals surface area (Å²) in [5, 5.41) is 2.88. The summed E-state index contributed by atoms with van der Waals surface area (Å²) in [5.74, 6) is 1.22. The summed E-state index contributed by atoms with van der Waals surface area (Å²) in [4.78, 5) is 26.1. The molecular formula is C23H30N2O4. The molecule has 0 aromatic heterocycles. The number of carbonyl (C=O) groups is 2. The molecule has 2 aromatic rings. The molecule has 29 heavy (non-hydrogen) atoms. The molecule has 6 heteroatoms. The molecule has 0 aliphatic heterocycles. The van der Waals surface area contributed by atoms with Gasteiger partial charge < -0.3 is 19.7 Å². The average molecular weight is 399 g/mol. The van der Waals surface area contributed by atoms with Crippen LogP contribution in [0.4, 0.5) is 5.69 Å². The maximum Gasteiger partial charge on any atom is 0.226 e. The smallest absolute Gasteiger partial charge is 0.226 e. The lowest BCUT2D eigenvalue weighted by atomic mass is 10.1. The zero-order valence-corrected chi connectivity index (χ0v) is 17.6. The van der Waals surface area contributed by atoms with E-state index < -0.39 is 0 Å². The Balaban J connectivity index is 1.90. The number of benzene rings is 2. The van der Waals surface area contributed by atoms with Crippen molar-refractivity contribution >= 4 is 17.5 Å². The maximum atomic E-state index is 12.4. The van der Waals surface area contributed by atoms with Gasteiger partial charge >= 0.3 is 0 Å². The van der Waals surface area contributed by atoms with Gasteiger partial charge in [-0.15, -0.1) is 0 Å². The van der Waals surface area contributed by atoms with Gasteiger partial charge in [-0.3, -0.25) is 9.59 Å². The van der Waals surface area contributed by atoms with Crippen LogP contribution in [0.3, 0.4) is 0 Å². The van der Waals surface area contributed by atoms with Crippen molar-refractivity contribution in [3.63, 3.8) is 0 Å². The molecule has 0 radical (unpaired) electrons. The van der Waals surface area contributed by atoms with Gasteiger partial charge in [0.2, 0.25) is 11.8 Å². The van der Waals surface area contributed by atoms with Gasteiger partial charge in [0.05, 0.1) is 18.9 Å². The van der Waals surface area contributed by atoms with Crippen molar-refractivity contribution in [1.82, 2.24) is 4.90 Å². The molecule has 0 bridgehead atoms. The number of ether oxygens (including phenoxy) is 2. The minimum Gasteiger partial charge on any atom is -0.497 e. The van der Waals surface area contributed by atoms with Crippen LogP contribution in [0.2, 0.25) is 0 Å². The molecule has 0 spiro atoms. The minimum atomic E-state index is -0.155. The molecule has 0 aliphatic carbocycles. The van der Waals surface area contributed by atoms with Crippen molar-refractivity contribution in [2.75, 3.05) is 25.5 Å². The Bertz CT molecular complexity index is 820. The molecule has 156 valence electrons. The molecule has 0 fully saturated rings. The zero-order valence-electron chi connectivity index (χ0n) is 17.6. The second-order valence-electron chi connectivity index (χ2n) is 7.07. The van der Waals surface area contributed by atoms with Crippen molar-refractivity contribution < 1.29 is 19.1 Å². The van der Waals surface area contributed by atoms with Crippen LogP contribution in [0, 0.1) is 0 Å². The number of nitrogens with one attached hydrogen (secondary N) is 1. The monoisotopic (exact) mass is 398 g/mol. The molecule has 2 aromatic carbocycles. The van der Waals surface area contributed by atoms with Gasteiger partial charge in [-0.2, -0.15) is 0 Å². The van der Waals surface area contributed by atoms with Gasteiger partial charge in [0.25, 0.3) is 0 Å². The molecule has 0 aliphatic rings. The lowest BCUT2D eigenvalue weighted by Gasteiger charge is -2.21. The van der Waals surface area contributed by atoms with E-state index in [0.29, 0.717) is 30.9 Å². The Morgan fingerprint density at radius 2 is 1.83 bits per heavy atom. The highest BCUT2D eigenvalue weighted by Crippen LogP contribution is 2.25. The van der Waals surface area contributed by atoms with Gasteiger partial charge in [0.15, 0.2) is 0 Å². The third-order valence-electron chi connectivity index (χ3n) is 4.38. The van der Waals surface area contributed by atoms with Crippen LogP contribution < -0.4 is 14.8 Å². The molecule has 0 saturated heterocycles. The van der Waals surface area contributed by atoms with Crippen molar-refractivity contribution in [2.45, 2.75) is 39.7 Å². The summed E-state index contributed by atoms with van der Waals surface area (Å²) >= 11 is 0. The van der Waals surface area contributed by atoms with Crippen molar-refractivity contribution in [3.05, 3.63) is 54.1 Å². The van der Waals surface area contributed by atoms with Crippen molar-refractivity contribution in [2.24, 2.45) is 0 Å². The third kappa shape index (κ3) is 7.49. The average Bonchev–Trinajstić information content (AvgIpc) is 2.69. The Kier molecular flexibility index (Phi) is 8.52. The number of hydrogen-bond acceptors (Lipinski definition) is 4. The third-order valence-corrected chi connectivity index (χ3v) is 4.38. The summed E-state index contributed by atoms with van der Waals surface area (Å²) < 4.78 is 11.0. The highest BCUT2D eigenvalue weighted by atomic mass is 16.5. The predicted octanol–water partition coefficient (Wildman–Crippen LogP) is 3.90. The highest BCUT2D eigenvalue weighted by molar-refractivity contribution is 5.92. The SMILES string of the molecule is COc1cccc(CCN(CCC(=O)Nc2ccccc2OC(C)C)C(C)=O)c1. The zero-order chi connectivity index (χ0) is 21.2. The standard InChI is InChI=1S/C23H30N2O4/c1-17(2)29-22-11-6-5-10-21(22)24-23(27)13-15-25(18(3)26)14-12-19-8-7-9-20(16-19)28-4/h5-11,16-17H,12-15H2,1-4H3,(H,24,27). The molecule has 6 nitrogen and oxygen atoms in total. The van der Waals surface area contributed by atoms with Crippen molar-refractivity contribution in [1.29, 1.82) is 0 Å². The lowest BCUT2D eigenvalue weighted by Crippen LogP contribution is -2.33. The molecule has 2 rings (SSSR count). The van der Waals surface area contributed by atoms with E-state index >= 15 is 0 Å². The van der Waals surface area contributed by atoms with Crippen LogP contribution >= 0.6 is 0 Å². The van der Waals surface area contributed by atoms with Crippen LogP contribution in [0.25, 0.3) is 0 Å². The normalized spacial score (nSPS) is 10.5. The van der Waals surface area contributed by atoms with Crippen LogP contribution in [-0.2, 0) is 16.0 Å². The predicted molar refractivity (Wildman–Crippen MR) is 114 cm³/mol. The summed E-state index contributed by atoms with van der Waals surface area (Å²) in [5.41, 5.74) is 1.72. The van der Waals surface area contributed by atoms with E-state index in [0.717, 1.165) is 11.3 Å². The minimum absolute atomic E-state index is 0.0119. The van der Waals surface area contributed by atoms with Crippen molar-refractivity contribution in [3.8, 4) is 11.5 Å². The van der Waals surface area contributed by atoms with Crippen LogP contribution in [0.15, 0.2) is 48.5 Å². The largest absolute Gasteiger partial charge is 0.497 e. The molecule has 2 amide bonds. The van der Waals surface area contributed by atoms with Gasteiger partial charge in [0, 0.05) is 26.4 Å². The highest BCUT2D eigenvalue weighted by Gasteiger charge is 2.13. The first-order valence-corrected chi connectivity index (χ1v) is 9.83. The Hall–Kier alpha value is -3.02. The molecule has 1 N–H and O–H groups in total. The second-order valence-corrected chi connectivity index (χ2v) is 7.07. The fourth-order valence-electron chi connectivity index (χ4n) is 2.89. The van der Waals surface area contributed by atoms with E-state index in [2.05, 4.69) is 5.32 Å². The quantitative estimate of drug-likeness (QED) is 0.659. The van der Waals surface area contributed by atoms with Gasteiger partial charge in [-0.1, -0.05) is 24.3 Å². The van der Waals surface area contributed by atoms with E-state index in [9.17, 15) is 9.59 Å². The number of methoxy groups -OCH3 is 1. The van der Waals surface area contributed by atoms with E-state index in [1.165, 1.54) is 6.92 Å². The molecule has 0 heterocycles. The Labute approximate surface area is 172 Å². The van der Waals surface area contributed by atoms with E-state index in [1.807, 2.05) is 56.3 Å². The lowest BCUT2D eigenvalue weighted by molar-refractivity contribution is -0.129. The topological polar surface area (TPSA) is 67.9 Å². The van der Waals surface area contributed by atoms with Crippen LogP contribution in [-0.4, -0.2) is 43.0 Å². The second kappa shape index (κ2) is 11.1. The molecular weight excluding hydrogens is 368 g/mol. The number of amides is 2. The number of hydrogen-bond donors (Lipinski definition) is 1. The number of nitrogens with zero attached hydrogens (tertiary/aromatic N) is 1. The van der Waals surface area contributed by atoms with Gasteiger partial charge in [0.1, 0.15) is 11.5 Å². The van der Waals surface area contributed by atoms with Gasteiger partial charge in [-0.05, 0) is 50.1 Å². The first kappa shape index (κ1) is 22.3. The number of carbonyl (C=O) groups excluding carboxylic acids is 2. The fourth-order valence-corrected chi connectivity index (χ4v) is 2.89. The van der Waals surface area contributed by atoms with Crippen LogP contribution in [0.5, 0.6) is 11.5 Å². The summed E-state index contributed by atoms with van der Waals surface area (Å²) in [6, 6.07) is 15.1. The first-order valence-electron chi connectivity index (χ1n) is 9.83. The molecule has 0 saturated carbocycles. The summed E-state index contributed by atoms with van der Waals surface area (Å²) in [6.45, 7) is 6.30. The van der Waals surface area contributed by atoms with E-state index in [4.69, 9.17) is 9.47 Å². The first-order chi connectivity index (χ1) is 13.9. The van der Waals surface area contributed by atoms with Crippen LogP contribution in [0.1, 0.15) is 32.8 Å². The number of para-hydroxylation sites is 2. The molecule has 0 unspecified atom stereocenters. The number of rotatable bonds is 10. The Morgan fingerprint density at radius 3 is 2.52 bits per heavy atom. The molecule has 0 atom stereocenters. The number of anilines is 1.